The molecule has 3 aromatic heterocycles. The maximum absolute atomic E-state index is 5.74. The van der Waals surface area contributed by atoms with Crippen LogP contribution in [0.1, 0.15) is 37.5 Å². The highest BCUT2D eigenvalue weighted by molar-refractivity contribution is 6.12. The molecule has 0 atom stereocenters. The number of fused-ring (bicyclic) bond motifs is 3. The monoisotopic (exact) mass is 393 g/mol. The van der Waals surface area contributed by atoms with Gasteiger partial charge in [-0.15, -0.1) is 0 Å². The third-order valence-corrected chi connectivity index (χ3v) is 5.20. The van der Waals surface area contributed by atoms with Gasteiger partial charge in [-0.05, 0) is 45.2 Å². The Labute approximate surface area is 169 Å². The molecular weight excluding hydrogens is 366 g/mol. The van der Waals surface area contributed by atoms with E-state index in [0.29, 0.717) is 5.92 Å². The predicted octanol–water partition coefficient (Wildman–Crippen LogP) is 5.16. The molecule has 7 heteroatoms. The molecule has 0 radical (unpaired) electrons. The number of nitrogens with zero attached hydrogens (tertiary/aromatic N) is 3. The quantitative estimate of drug-likeness (QED) is 0.470. The van der Waals surface area contributed by atoms with Crippen LogP contribution in [-0.4, -0.2) is 33.8 Å². The number of methoxy groups -OCH3 is 1. The first kappa shape index (κ1) is 19.2. The standard InChI is InChI=1S/C22H27N5O2/c1-11(2)7-8-23-21-20-15-10-18(28-6)16(19-12(3)27-29-13(19)4)9-17(15)26-22(20)25-14(5)24-21/h9-11H,7-8H2,1-6H3,(H2,23,24,25,26). The van der Waals surface area contributed by atoms with E-state index < -0.39 is 0 Å². The first-order valence-electron chi connectivity index (χ1n) is 9.94. The van der Waals surface area contributed by atoms with Crippen molar-refractivity contribution in [3.8, 4) is 16.9 Å². The lowest BCUT2D eigenvalue weighted by Gasteiger charge is -2.11. The van der Waals surface area contributed by atoms with E-state index in [2.05, 4.69) is 45.3 Å². The fraction of sp³-hybridized carbons (Fsp3) is 0.409. The van der Waals surface area contributed by atoms with Gasteiger partial charge in [-0.25, -0.2) is 9.97 Å². The minimum Gasteiger partial charge on any atom is -0.496 e. The predicted molar refractivity (Wildman–Crippen MR) is 116 cm³/mol. The van der Waals surface area contributed by atoms with Gasteiger partial charge < -0.3 is 19.6 Å². The van der Waals surface area contributed by atoms with Gasteiger partial charge in [0.15, 0.2) is 0 Å². The molecule has 4 aromatic rings. The molecular formula is C22H27N5O2. The van der Waals surface area contributed by atoms with Crippen LogP contribution in [-0.2, 0) is 0 Å². The van der Waals surface area contributed by atoms with Gasteiger partial charge in [0.25, 0.3) is 0 Å². The average Bonchev–Trinajstić information content (AvgIpc) is 3.18. The molecule has 0 aliphatic carbocycles. The SMILES string of the molecule is COc1cc2c(cc1-c1c(C)noc1C)[nH]c1nc(C)nc(NCCC(C)C)c12. The lowest BCUT2D eigenvalue weighted by atomic mass is 10.0. The molecule has 0 aliphatic heterocycles. The molecule has 0 unspecified atom stereocenters. The maximum Gasteiger partial charge on any atom is 0.144 e. The van der Waals surface area contributed by atoms with Gasteiger partial charge in [0, 0.05) is 23.0 Å². The molecule has 4 rings (SSSR count). The first-order valence-corrected chi connectivity index (χ1v) is 9.94. The van der Waals surface area contributed by atoms with Crippen molar-refractivity contribution in [3.05, 3.63) is 29.4 Å². The van der Waals surface area contributed by atoms with E-state index in [1.807, 2.05) is 26.8 Å². The Hall–Kier alpha value is -3.09. The zero-order valence-corrected chi connectivity index (χ0v) is 17.8. The molecule has 2 N–H and O–H groups in total. The second-order valence-electron chi connectivity index (χ2n) is 7.87. The summed E-state index contributed by atoms with van der Waals surface area (Å²) in [6.45, 7) is 11.1. The van der Waals surface area contributed by atoms with E-state index in [9.17, 15) is 0 Å². The molecule has 0 amide bonds. The Morgan fingerprint density at radius 3 is 2.62 bits per heavy atom. The molecule has 152 valence electrons. The fourth-order valence-corrected chi connectivity index (χ4v) is 3.77. The van der Waals surface area contributed by atoms with Crippen molar-refractivity contribution in [1.82, 2.24) is 20.1 Å². The van der Waals surface area contributed by atoms with Crippen LogP contribution in [0, 0.1) is 26.7 Å². The maximum atomic E-state index is 5.74. The Balaban J connectivity index is 1.92. The first-order chi connectivity index (χ1) is 13.9. The summed E-state index contributed by atoms with van der Waals surface area (Å²) in [7, 11) is 1.68. The average molecular weight is 393 g/mol. The second kappa shape index (κ2) is 7.39. The van der Waals surface area contributed by atoms with E-state index in [-0.39, 0.29) is 0 Å². The molecule has 7 nitrogen and oxygen atoms in total. The molecule has 0 spiro atoms. The van der Waals surface area contributed by atoms with Crippen molar-refractivity contribution in [2.24, 2.45) is 5.92 Å². The highest BCUT2D eigenvalue weighted by Gasteiger charge is 2.20. The number of anilines is 1. The summed E-state index contributed by atoms with van der Waals surface area (Å²) < 4.78 is 11.1. The number of aryl methyl sites for hydroxylation is 3. The van der Waals surface area contributed by atoms with Gasteiger partial charge in [-0.3, -0.25) is 0 Å². The smallest absolute Gasteiger partial charge is 0.144 e. The van der Waals surface area contributed by atoms with E-state index in [1.165, 1.54) is 0 Å². The summed E-state index contributed by atoms with van der Waals surface area (Å²) >= 11 is 0. The van der Waals surface area contributed by atoms with Gasteiger partial charge in [0.2, 0.25) is 0 Å². The number of rotatable bonds is 6. The molecule has 29 heavy (non-hydrogen) atoms. The summed E-state index contributed by atoms with van der Waals surface area (Å²) in [5.41, 5.74) is 4.53. The molecule has 0 saturated carbocycles. The summed E-state index contributed by atoms with van der Waals surface area (Å²) in [4.78, 5) is 12.7. The van der Waals surface area contributed by atoms with Crippen molar-refractivity contribution in [2.75, 3.05) is 19.0 Å². The third-order valence-electron chi connectivity index (χ3n) is 5.20. The number of H-pyrrole nitrogens is 1. The van der Waals surface area contributed by atoms with E-state index in [1.54, 1.807) is 7.11 Å². The van der Waals surface area contributed by atoms with E-state index in [4.69, 9.17) is 9.26 Å². The van der Waals surface area contributed by atoms with Gasteiger partial charge >= 0.3 is 0 Å². The van der Waals surface area contributed by atoms with Crippen LogP contribution in [0.4, 0.5) is 5.82 Å². The highest BCUT2D eigenvalue weighted by Crippen LogP contribution is 2.40. The zero-order chi connectivity index (χ0) is 20.7. The van der Waals surface area contributed by atoms with Gasteiger partial charge in [0.05, 0.1) is 23.8 Å². The third kappa shape index (κ3) is 3.41. The van der Waals surface area contributed by atoms with Crippen LogP contribution in [0.3, 0.4) is 0 Å². The fourth-order valence-electron chi connectivity index (χ4n) is 3.77. The number of benzene rings is 1. The van der Waals surface area contributed by atoms with Crippen LogP contribution >= 0.6 is 0 Å². The highest BCUT2D eigenvalue weighted by atomic mass is 16.5. The van der Waals surface area contributed by atoms with Crippen LogP contribution in [0.15, 0.2) is 16.7 Å². The van der Waals surface area contributed by atoms with Crippen LogP contribution in [0.5, 0.6) is 5.75 Å². The van der Waals surface area contributed by atoms with Crippen LogP contribution < -0.4 is 10.1 Å². The second-order valence-corrected chi connectivity index (χ2v) is 7.87. The van der Waals surface area contributed by atoms with Crippen molar-refractivity contribution >= 4 is 27.8 Å². The molecule has 3 heterocycles. The number of hydrogen-bond acceptors (Lipinski definition) is 6. The van der Waals surface area contributed by atoms with Crippen molar-refractivity contribution < 1.29 is 9.26 Å². The Kier molecular flexibility index (Phi) is 4.90. The lowest BCUT2D eigenvalue weighted by molar-refractivity contribution is 0.393. The zero-order valence-electron chi connectivity index (χ0n) is 17.8. The molecule has 0 saturated heterocycles. The van der Waals surface area contributed by atoms with E-state index in [0.717, 1.165) is 74.9 Å². The van der Waals surface area contributed by atoms with Gasteiger partial charge in [0.1, 0.15) is 28.8 Å². The van der Waals surface area contributed by atoms with Crippen LogP contribution in [0.25, 0.3) is 33.1 Å². The Bertz CT molecular complexity index is 1170. The summed E-state index contributed by atoms with van der Waals surface area (Å²) in [5.74, 6) is 3.74. The largest absolute Gasteiger partial charge is 0.496 e. The van der Waals surface area contributed by atoms with Gasteiger partial charge in [-0.2, -0.15) is 0 Å². The summed E-state index contributed by atoms with van der Waals surface area (Å²) in [5, 5.41) is 9.60. The van der Waals surface area contributed by atoms with Gasteiger partial charge in [-0.1, -0.05) is 19.0 Å². The molecule has 0 fully saturated rings. The van der Waals surface area contributed by atoms with Crippen molar-refractivity contribution in [1.29, 1.82) is 0 Å². The van der Waals surface area contributed by atoms with E-state index >= 15 is 0 Å². The normalized spacial score (nSPS) is 11.7. The number of ether oxygens (including phenoxy) is 1. The Morgan fingerprint density at radius 2 is 1.97 bits per heavy atom. The minimum atomic E-state index is 0.626. The number of nitrogens with one attached hydrogen (secondary N) is 2. The van der Waals surface area contributed by atoms with Crippen molar-refractivity contribution in [3.63, 3.8) is 0 Å². The summed E-state index contributed by atoms with van der Waals surface area (Å²) in [6.07, 6.45) is 1.08. The number of aromatic amines is 1. The van der Waals surface area contributed by atoms with Crippen molar-refractivity contribution in [2.45, 2.75) is 41.0 Å². The molecule has 0 bridgehead atoms. The molecule has 0 aliphatic rings. The molecule has 1 aromatic carbocycles. The lowest BCUT2D eigenvalue weighted by Crippen LogP contribution is -2.07. The minimum absolute atomic E-state index is 0.626. The summed E-state index contributed by atoms with van der Waals surface area (Å²) in [6, 6.07) is 4.12. The number of hydrogen-bond donors (Lipinski definition) is 2. The van der Waals surface area contributed by atoms with Crippen LogP contribution in [0.2, 0.25) is 0 Å². The topological polar surface area (TPSA) is 88.9 Å². The Morgan fingerprint density at radius 1 is 1.17 bits per heavy atom. The number of aromatic nitrogens is 4.